The van der Waals surface area contributed by atoms with Gasteiger partial charge in [0.15, 0.2) is 0 Å². The van der Waals surface area contributed by atoms with Crippen LogP contribution in [0.4, 0.5) is 5.69 Å². The van der Waals surface area contributed by atoms with Crippen LogP contribution in [0.25, 0.3) is 0 Å². The highest BCUT2D eigenvalue weighted by Gasteiger charge is 2.15. The van der Waals surface area contributed by atoms with Crippen molar-refractivity contribution in [2.24, 2.45) is 0 Å². The third-order valence-corrected chi connectivity index (χ3v) is 2.41. The predicted octanol–water partition coefficient (Wildman–Crippen LogP) is 1.54. The van der Waals surface area contributed by atoms with Crippen molar-refractivity contribution < 1.29 is 4.79 Å². The minimum atomic E-state index is -0.201. The van der Waals surface area contributed by atoms with E-state index in [1.807, 2.05) is 12.1 Å². The largest absolute Gasteiger partial charge is 0.399 e. The third-order valence-electron chi connectivity index (χ3n) is 2.41. The summed E-state index contributed by atoms with van der Waals surface area (Å²) in [5.74, 6) is -0.201. The molecular weight excluding hydrogens is 228 g/mol. The summed E-state index contributed by atoms with van der Waals surface area (Å²) in [6.07, 6.45) is 0.499. The highest BCUT2D eigenvalue weighted by molar-refractivity contribution is 5.95. The van der Waals surface area contributed by atoms with E-state index in [1.165, 1.54) is 4.90 Å². The van der Waals surface area contributed by atoms with Gasteiger partial charge in [0, 0.05) is 24.3 Å². The normalized spacial score (nSPS) is 9.22. The van der Waals surface area contributed by atoms with Crippen molar-refractivity contribution in [2.75, 3.05) is 18.8 Å². The summed E-state index contributed by atoms with van der Waals surface area (Å²) in [7, 11) is 0. The molecule has 1 rings (SSSR count). The van der Waals surface area contributed by atoms with E-state index in [9.17, 15) is 4.79 Å². The smallest absolute Gasteiger partial charge is 0.253 e. The Morgan fingerprint density at radius 3 is 2.33 bits per heavy atom. The van der Waals surface area contributed by atoms with Crippen LogP contribution in [0.15, 0.2) is 24.3 Å². The summed E-state index contributed by atoms with van der Waals surface area (Å²) in [5.41, 5.74) is 6.61. The summed E-state index contributed by atoms with van der Waals surface area (Å²) in [6.45, 7) is 0.650. The van der Waals surface area contributed by atoms with Crippen molar-refractivity contribution in [2.45, 2.75) is 12.8 Å². The van der Waals surface area contributed by atoms with Crippen molar-refractivity contribution in [1.29, 1.82) is 10.5 Å². The van der Waals surface area contributed by atoms with Gasteiger partial charge in [0.2, 0.25) is 0 Å². The first-order valence-electron chi connectivity index (χ1n) is 5.57. The molecule has 0 aliphatic rings. The Balaban J connectivity index is 2.81. The number of rotatable bonds is 5. The predicted molar refractivity (Wildman–Crippen MR) is 67.2 cm³/mol. The molecule has 1 amide bonds. The fraction of sp³-hybridized carbons (Fsp3) is 0.308. The van der Waals surface area contributed by atoms with Gasteiger partial charge in [-0.3, -0.25) is 4.79 Å². The second-order valence-corrected chi connectivity index (χ2v) is 3.73. The van der Waals surface area contributed by atoms with E-state index >= 15 is 0 Å². The molecule has 1 aromatic carbocycles. The Hall–Kier alpha value is -2.53. The number of nitrogens with zero attached hydrogens (tertiary/aromatic N) is 3. The molecule has 0 fully saturated rings. The van der Waals surface area contributed by atoms with Crippen molar-refractivity contribution in [1.82, 2.24) is 4.90 Å². The van der Waals surface area contributed by atoms with E-state index in [0.717, 1.165) is 0 Å². The summed E-state index contributed by atoms with van der Waals surface area (Å²) >= 11 is 0. The second kappa shape index (κ2) is 6.93. The number of anilines is 1. The number of benzene rings is 1. The van der Waals surface area contributed by atoms with Crippen molar-refractivity contribution >= 4 is 11.6 Å². The van der Waals surface area contributed by atoms with E-state index in [0.29, 0.717) is 24.3 Å². The molecule has 0 atom stereocenters. The van der Waals surface area contributed by atoms with Gasteiger partial charge in [0.25, 0.3) is 5.91 Å². The molecule has 5 nitrogen and oxygen atoms in total. The Morgan fingerprint density at radius 2 is 1.83 bits per heavy atom. The Labute approximate surface area is 106 Å². The van der Waals surface area contributed by atoms with Crippen LogP contribution in [0.5, 0.6) is 0 Å². The number of hydrogen-bond donors (Lipinski definition) is 1. The molecule has 0 saturated carbocycles. The number of nitrogen functional groups attached to an aromatic ring is 1. The zero-order chi connectivity index (χ0) is 13.4. The molecule has 0 aliphatic heterocycles. The molecule has 18 heavy (non-hydrogen) atoms. The molecule has 0 aliphatic carbocycles. The number of nitrogens with two attached hydrogens (primary N) is 1. The van der Waals surface area contributed by atoms with Gasteiger partial charge in [-0.25, -0.2) is 0 Å². The molecule has 2 N–H and O–H groups in total. The maximum absolute atomic E-state index is 12.2. The van der Waals surface area contributed by atoms with Gasteiger partial charge in [-0.1, -0.05) is 6.07 Å². The molecular formula is C13H14N4O. The Morgan fingerprint density at radius 1 is 1.22 bits per heavy atom. The van der Waals surface area contributed by atoms with Crippen LogP contribution in [0.3, 0.4) is 0 Å². The molecule has 0 bridgehead atoms. The van der Waals surface area contributed by atoms with E-state index in [1.54, 1.807) is 24.3 Å². The lowest BCUT2D eigenvalue weighted by Gasteiger charge is -2.20. The van der Waals surface area contributed by atoms with Gasteiger partial charge in [0.1, 0.15) is 0 Å². The maximum atomic E-state index is 12.2. The summed E-state index contributed by atoms with van der Waals surface area (Å²) in [4.78, 5) is 13.7. The average molecular weight is 242 g/mol. The van der Waals surface area contributed by atoms with Gasteiger partial charge < -0.3 is 10.6 Å². The summed E-state index contributed by atoms with van der Waals surface area (Å²) in [6, 6.07) is 10.6. The minimum absolute atomic E-state index is 0.201. The molecule has 0 saturated heterocycles. The van der Waals surface area contributed by atoms with Crippen LogP contribution >= 0.6 is 0 Å². The number of amides is 1. The van der Waals surface area contributed by atoms with E-state index < -0.39 is 0 Å². The average Bonchev–Trinajstić information content (AvgIpc) is 2.38. The third kappa shape index (κ3) is 3.80. The van der Waals surface area contributed by atoms with Crippen LogP contribution < -0.4 is 5.73 Å². The van der Waals surface area contributed by atoms with Gasteiger partial charge >= 0.3 is 0 Å². The molecule has 0 heterocycles. The standard InChI is InChI=1S/C13H14N4O/c14-6-2-8-17(9-3-7-15)13(18)11-4-1-5-12(16)10-11/h1,4-5,10H,2-3,8-9,16H2. The molecule has 1 aromatic rings. The minimum Gasteiger partial charge on any atom is -0.399 e. The second-order valence-electron chi connectivity index (χ2n) is 3.73. The number of nitriles is 2. The SMILES string of the molecule is N#CCCN(CCC#N)C(=O)c1cccc(N)c1. The lowest BCUT2D eigenvalue weighted by atomic mass is 10.1. The van der Waals surface area contributed by atoms with Crippen molar-refractivity contribution in [3.05, 3.63) is 29.8 Å². The van der Waals surface area contributed by atoms with Crippen LogP contribution in [0.2, 0.25) is 0 Å². The van der Waals surface area contributed by atoms with Gasteiger partial charge in [-0.2, -0.15) is 10.5 Å². The fourth-order valence-electron chi connectivity index (χ4n) is 1.54. The number of carbonyl (C=O) groups excluding carboxylic acids is 1. The summed E-state index contributed by atoms with van der Waals surface area (Å²) in [5, 5.41) is 17.1. The van der Waals surface area contributed by atoms with Crippen molar-refractivity contribution in [3.8, 4) is 12.1 Å². The van der Waals surface area contributed by atoms with Crippen LogP contribution in [0.1, 0.15) is 23.2 Å². The number of carbonyl (C=O) groups is 1. The summed E-state index contributed by atoms with van der Waals surface area (Å²) < 4.78 is 0. The zero-order valence-corrected chi connectivity index (χ0v) is 9.97. The van der Waals surface area contributed by atoms with Gasteiger partial charge in [0.05, 0.1) is 25.0 Å². The highest BCUT2D eigenvalue weighted by atomic mass is 16.2. The van der Waals surface area contributed by atoms with Gasteiger partial charge in [-0.05, 0) is 18.2 Å². The molecule has 0 radical (unpaired) electrons. The number of hydrogen-bond acceptors (Lipinski definition) is 4. The van der Waals surface area contributed by atoms with E-state index in [4.69, 9.17) is 16.3 Å². The van der Waals surface area contributed by atoms with Gasteiger partial charge in [-0.15, -0.1) is 0 Å². The Kier molecular flexibility index (Phi) is 5.21. The van der Waals surface area contributed by atoms with E-state index in [2.05, 4.69) is 0 Å². The highest BCUT2D eigenvalue weighted by Crippen LogP contribution is 2.10. The molecule has 0 unspecified atom stereocenters. The van der Waals surface area contributed by atoms with Crippen LogP contribution in [-0.2, 0) is 0 Å². The monoisotopic (exact) mass is 242 g/mol. The molecule has 92 valence electrons. The maximum Gasteiger partial charge on any atom is 0.253 e. The topological polar surface area (TPSA) is 93.9 Å². The van der Waals surface area contributed by atoms with E-state index in [-0.39, 0.29) is 18.7 Å². The lowest BCUT2D eigenvalue weighted by molar-refractivity contribution is 0.0762. The first kappa shape index (κ1) is 13.5. The quantitative estimate of drug-likeness (QED) is 0.792. The molecule has 0 aromatic heterocycles. The van der Waals surface area contributed by atoms with Crippen molar-refractivity contribution in [3.63, 3.8) is 0 Å². The first-order valence-corrected chi connectivity index (χ1v) is 5.57. The zero-order valence-electron chi connectivity index (χ0n) is 9.97. The molecule has 0 spiro atoms. The fourth-order valence-corrected chi connectivity index (χ4v) is 1.54. The molecule has 5 heteroatoms. The van der Waals surface area contributed by atoms with Crippen LogP contribution in [-0.4, -0.2) is 23.9 Å². The lowest BCUT2D eigenvalue weighted by Crippen LogP contribution is -2.32. The van der Waals surface area contributed by atoms with Crippen LogP contribution in [0, 0.1) is 22.7 Å². The first-order chi connectivity index (χ1) is 8.69. The Bertz CT molecular complexity index is 480.